The summed E-state index contributed by atoms with van der Waals surface area (Å²) in [6, 6.07) is 12.7. The van der Waals surface area contributed by atoms with E-state index in [2.05, 4.69) is 15.6 Å². The van der Waals surface area contributed by atoms with Crippen molar-refractivity contribution < 1.29 is 38.4 Å². The molecule has 45 heavy (non-hydrogen) atoms. The Labute approximate surface area is 263 Å². The molecule has 4 amide bonds. The summed E-state index contributed by atoms with van der Waals surface area (Å²) in [6.45, 7) is 5.09. The predicted octanol–water partition coefficient (Wildman–Crippen LogP) is 1.05. The van der Waals surface area contributed by atoms with Gasteiger partial charge >= 0.3 is 7.12 Å². The van der Waals surface area contributed by atoms with Crippen molar-refractivity contribution in [1.29, 1.82) is 0 Å². The zero-order chi connectivity index (χ0) is 33.5. The van der Waals surface area contributed by atoms with E-state index in [-0.39, 0.29) is 18.0 Å². The second-order valence-corrected chi connectivity index (χ2v) is 12.0. The van der Waals surface area contributed by atoms with Crippen LogP contribution in [0.15, 0.2) is 48.5 Å². The number of aliphatic hydroxyl groups excluding tert-OH is 1. The van der Waals surface area contributed by atoms with Gasteiger partial charge in [0.2, 0.25) is 11.8 Å². The lowest BCUT2D eigenvalue weighted by Gasteiger charge is -2.41. The van der Waals surface area contributed by atoms with Gasteiger partial charge in [0, 0.05) is 33.8 Å². The van der Waals surface area contributed by atoms with Crippen molar-refractivity contribution in [2.75, 3.05) is 28.2 Å². The van der Waals surface area contributed by atoms with Crippen molar-refractivity contribution in [2.45, 2.75) is 63.7 Å². The number of aromatic nitrogens is 1. The molecule has 0 unspecified atom stereocenters. The lowest BCUT2D eigenvalue weighted by molar-refractivity contribution is -0.167. The first-order chi connectivity index (χ1) is 21.1. The molecule has 1 fully saturated rings. The van der Waals surface area contributed by atoms with Crippen LogP contribution < -0.4 is 10.6 Å². The van der Waals surface area contributed by atoms with E-state index in [0.29, 0.717) is 5.69 Å². The maximum atomic E-state index is 13.6. The van der Waals surface area contributed by atoms with Gasteiger partial charge in [-0.1, -0.05) is 50.2 Å². The largest absolute Gasteiger partial charge is 0.552 e. The molecule has 2 heterocycles. The van der Waals surface area contributed by atoms with Crippen LogP contribution in [-0.4, -0.2) is 108 Å². The molecule has 14 heteroatoms. The summed E-state index contributed by atoms with van der Waals surface area (Å²) >= 11 is 0. The van der Waals surface area contributed by atoms with Gasteiger partial charge in [-0.25, -0.2) is 4.98 Å². The third kappa shape index (κ3) is 9.11. The Morgan fingerprint density at radius 2 is 1.64 bits per heavy atom. The molecule has 1 saturated heterocycles. The van der Waals surface area contributed by atoms with Crippen molar-refractivity contribution in [3.63, 3.8) is 0 Å². The summed E-state index contributed by atoms with van der Waals surface area (Å²) in [6.07, 6.45) is -2.01. The smallest absolute Gasteiger partial charge is 0.508 e. The highest BCUT2D eigenvalue weighted by atomic mass is 16.6. The molecule has 0 bridgehead atoms. The lowest BCUT2D eigenvalue weighted by Crippen LogP contribution is -2.65. The van der Waals surface area contributed by atoms with E-state index in [9.17, 15) is 29.1 Å². The third-order valence-corrected chi connectivity index (χ3v) is 7.24. The van der Waals surface area contributed by atoms with Gasteiger partial charge in [0.1, 0.15) is 11.7 Å². The number of amides is 4. The van der Waals surface area contributed by atoms with Crippen molar-refractivity contribution >= 4 is 36.7 Å². The zero-order valence-corrected chi connectivity index (χ0v) is 26.8. The van der Waals surface area contributed by atoms with Crippen LogP contribution in [0.25, 0.3) is 11.3 Å². The Morgan fingerprint density at radius 3 is 2.22 bits per heavy atom. The second-order valence-electron chi connectivity index (χ2n) is 12.0. The van der Waals surface area contributed by atoms with Crippen molar-refractivity contribution in [1.82, 2.24) is 25.4 Å². The number of pyridine rings is 1. The lowest BCUT2D eigenvalue weighted by atomic mass is 9.70. The van der Waals surface area contributed by atoms with Gasteiger partial charge in [0.25, 0.3) is 17.8 Å². The van der Waals surface area contributed by atoms with Gasteiger partial charge in [0.05, 0.1) is 30.6 Å². The molecule has 4 atom stereocenters. The highest BCUT2D eigenvalue weighted by molar-refractivity contribution is 6.50. The second kappa shape index (κ2) is 15.1. The maximum absolute atomic E-state index is 13.6. The van der Waals surface area contributed by atoms with E-state index in [1.54, 1.807) is 12.1 Å². The van der Waals surface area contributed by atoms with Gasteiger partial charge in [-0.15, -0.1) is 0 Å². The molecule has 3 N–H and O–H groups in total. The average molecular weight is 624 g/mol. The van der Waals surface area contributed by atoms with Crippen LogP contribution >= 0.6 is 0 Å². The number of nitrogens with zero attached hydrogens (tertiary/aromatic N) is 3. The summed E-state index contributed by atoms with van der Waals surface area (Å²) in [5, 5.41) is 15.8. The van der Waals surface area contributed by atoms with Crippen LogP contribution in [0.1, 0.15) is 50.5 Å². The summed E-state index contributed by atoms with van der Waals surface area (Å²) in [5.41, 5.74) is -0.474. The van der Waals surface area contributed by atoms with Crippen molar-refractivity contribution in [3.05, 3.63) is 54.2 Å². The van der Waals surface area contributed by atoms with Crippen molar-refractivity contribution in [3.8, 4) is 11.3 Å². The molecule has 13 nitrogen and oxygen atoms in total. The molecule has 0 radical (unpaired) electrons. The van der Waals surface area contributed by atoms with Gasteiger partial charge in [-0.3, -0.25) is 24.0 Å². The van der Waals surface area contributed by atoms with E-state index in [1.165, 1.54) is 51.0 Å². The predicted molar refractivity (Wildman–Crippen MR) is 166 cm³/mol. The van der Waals surface area contributed by atoms with Gasteiger partial charge in [-0.2, -0.15) is 0 Å². The summed E-state index contributed by atoms with van der Waals surface area (Å²) in [5.74, 6) is -4.33. The van der Waals surface area contributed by atoms with Gasteiger partial charge in [0.15, 0.2) is 5.60 Å². The molecular formula is C31H42BN5O8. The monoisotopic (exact) mass is 623 g/mol. The van der Waals surface area contributed by atoms with E-state index in [0.717, 1.165) is 5.56 Å². The molecule has 0 spiro atoms. The fourth-order valence-corrected chi connectivity index (χ4v) is 4.94. The minimum Gasteiger partial charge on any atom is -0.508 e. The first-order valence-electron chi connectivity index (χ1n) is 14.7. The number of carbonyl (C=O) groups is 5. The SMILES string of the molecule is CC(C)C[C@H](NC(=O)[C@@H](NC(=O)c1cccc(-c2ccccc2)n1)[C@@H](C)O)B1OC(=O)C[C@@](CC(=O)N(C)C)(C(=O)N(C)C)O1. The number of likely N-dealkylation sites (N-methyl/N-ethyl adjacent to an activating group) is 1. The van der Waals surface area contributed by atoms with Crippen LogP contribution in [0, 0.1) is 5.92 Å². The fourth-order valence-electron chi connectivity index (χ4n) is 4.94. The quantitative estimate of drug-likeness (QED) is 0.293. The van der Waals surface area contributed by atoms with E-state index >= 15 is 0 Å². The topological polar surface area (TPSA) is 167 Å². The first kappa shape index (κ1) is 35.2. The Morgan fingerprint density at radius 1 is 0.978 bits per heavy atom. The van der Waals surface area contributed by atoms with Gasteiger partial charge in [-0.05, 0) is 31.4 Å². The van der Waals surface area contributed by atoms with Crippen LogP contribution in [0.2, 0.25) is 0 Å². The van der Waals surface area contributed by atoms with E-state index < -0.39 is 73.2 Å². The fraction of sp³-hybridized carbons (Fsp3) is 0.484. The van der Waals surface area contributed by atoms with E-state index in [4.69, 9.17) is 9.31 Å². The molecule has 1 aliphatic rings. The number of hydrogen-bond acceptors (Lipinski definition) is 9. The normalized spacial score (nSPS) is 18.3. The molecule has 242 valence electrons. The highest BCUT2D eigenvalue weighted by Crippen LogP contribution is 2.32. The number of rotatable bonds is 12. The minimum atomic E-state index is -1.86. The molecule has 1 aliphatic heterocycles. The summed E-state index contributed by atoms with van der Waals surface area (Å²) < 4.78 is 11.6. The Bertz CT molecular complexity index is 1390. The molecule has 0 aliphatic carbocycles. The van der Waals surface area contributed by atoms with Crippen LogP contribution in [0.4, 0.5) is 0 Å². The molecule has 1 aromatic carbocycles. The number of benzene rings is 1. The van der Waals surface area contributed by atoms with Crippen LogP contribution in [-0.2, 0) is 28.5 Å². The number of nitrogens with one attached hydrogen (secondary N) is 2. The Hall–Kier alpha value is -4.30. The summed E-state index contributed by atoms with van der Waals surface area (Å²) in [7, 11) is 4.57. The maximum Gasteiger partial charge on any atom is 0.552 e. The van der Waals surface area contributed by atoms with Crippen LogP contribution in [0.3, 0.4) is 0 Å². The number of carbonyl (C=O) groups excluding carboxylic acids is 5. The third-order valence-electron chi connectivity index (χ3n) is 7.24. The molecule has 1 aromatic heterocycles. The number of aliphatic hydroxyl groups is 1. The zero-order valence-electron chi connectivity index (χ0n) is 26.8. The highest BCUT2D eigenvalue weighted by Gasteiger charge is 2.55. The molecular weight excluding hydrogens is 581 g/mol. The molecule has 3 rings (SSSR count). The van der Waals surface area contributed by atoms with E-state index in [1.807, 2.05) is 44.2 Å². The standard InChI is InChI=1S/C31H42BN5O8/c1-19(2)16-24(32-44-26(40)18-31(45-32,30(43)37(6)7)17-25(39)36(4)5)34-29(42)27(20(3)38)35-28(41)23-15-11-14-22(33-23)21-12-9-8-10-13-21/h8-15,19-20,24,27,38H,16-18H2,1-7H3,(H,34,42)(H,35,41)/t20-,24+,27+,31+/m1/s1. The molecule has 0 saturated carbocycles. The Balaban J connectivity index is 1.86. The van der Waals surface area contributed by atoms with Gasteiger partial charge < -0.3 is 34.8 Å². The summed E-state index contributed by atoms with van der Waals surface area (Å²) in [4.78, 5) is 72.7. The minimum absolute atomic E-state index is 0.0376. The van der Waals surface area contributed by atoms with Crippen molar-refractivity contribution in [2.24, 2.45) is 5.92 Å². The average Bonchev–Trinajstić information content (AvgIpc) is 2.98. The number of hydrogen-bond donors (Lipinski definition) is 3. The van der Waals surface area contributed by atoms with Crippen LogP contribution in [0.5, 0.6) is 0 Å². The first-order valence-corrected chi connectivity index (χ1v) is 14.7. The Kier molecular flexibility index (Phi) is 11.8. The molecule has 2 aromatic rings.